The van der Waals surface area contributed by atoms with E-state index >= 15 is 0 Å². The molecule has 2 aromatic rings. The van der Waals surface area contributed by atoms with Crippen molar-refractivity contribution in [2.75, 3.05) is 24.6 Å². The van der Waals surface area contributed by atoms with E-state index in [2.05, 4.69) is 0 Å². The molecule has 0 radical (unpaired) electrons. The Balaban J connectivity index is 1.42. The van der Waals surface area contributed by atoms with E-state index in [1.807, 2.05) is 40.1 Å². The summed E-state index contributed by atoms with van der Waals surface area (Å²) in [6.45, 7) is 1.90. The van der Waals surface area contributed by atoms with Crippen LogP contribution in [0.5, 0.6) is 0 Å². The Bertz CT molecular complexity index is 841. The van der Waals surface area contributed by atoms with Gasteiger partial charge in [-0.05, 0) is 42.2 Å². The summed E-state index contributed by atoms with van der Waals surface area (Å²) in [5.41, 5.74) is 2.73. The lowest BCUT2D eigenvalue weighted by molar-refractivity contribution is -0.132. The Kier molecular flexibility index (Phi) is 6.11. The zero-order valence-corrected chi connectivity index (χ0v) is 16.5. The fraction of sp³-hybridized carbons (Fsp3) is 0.435. The third-order valence-electron chi connectivity index (χ3n) is 5.48. The van der Waals surface area contributed by atoms with Crippen LogP contribution in [0.3, 0.4) is 0 Å². The number of nitrogens with zero attached hydrogens (tertiary/aromatic N) is 2. The minimum Gasteiger partial charge on any atom is -0.389 e. The number of halogens is 1. The molecule has 0 unspecified atom stereocenters. The van der Waals surface area contributed by atoms with Crippen molar-refractivity contribution in [1.82, 2.24) is 4.90 Å². The average molecular weight is 398 g/mol. The quantitative estimate of drug-likeness (QED) is 0.779. The number of fused-ring (bicyclic) bond motifs is 1. The zero-order valence-electron chi connectivity index (χ0n) is 16.5. The van der Waals surface area contributed by atoms with Crippen molar-refractivity contribution in [3.8, 4) is 0 Å². The summed E-state index contributed by atoms with van der Waals surface area (Å²) in [5.74, 6) is -0.207. The lowest BCUT2D eigenvalue weighted by Crippen LogP contribution is -2.42. The topological polar surface area (TPSA) is 53.0 Å². The first kappa shape index (κ1) is 19.9. The molecule has 0 spiro atoms. The van der Waals surface area contributed by atoms with Crippen LogP contribution in [0.25, 0.3) is 0 Å². The molecule has 0 aromatic heterocycles. The monoisotopic (exact) mass is 398 g/mol. The van der Waals surface area contributed by atoms with Gasteiger partial charge in [0.15, 0.2) is 0 Å². The van der Waals surface area contributed by atoms with Crippen molar-refractivity contribution >= 4 is 11.6 Å². The van der Waals surface area contributed by atoms with Gasteiger partial charge in [0.2, 0.25) is 5.91 Å². The van der Waals surface area contributed by atoms with Crippen molar-refractivity contribution in [3.05, 3.63) is 65.5 Å². The second-order valence-corrected chi connectivity index (χ2v) is 7.88. The minimum atomic E-state index is -0.703. The predicted octanol–water partition coefficient (Wildman–Crippen LogP) is 3.10. The summed E-state index contributed by atoms with van der Waals surface area (Å²) in [5, 5.41) is 10.5. The summed E-state index contributed by atoms with van der Waals surface area (Å²) in [6.07, 6.45) is 1.74. The first-order valence-electron chi connectivity index (χ1n) is 10.2. The Labute approximate surface area is 170 Å². The fourth-order valence-electron chi connectivity index (χ4n) is 3.86. The van der Waals surface area contributed by atoms with Gasteiger partial charge in [0.25, 0.3) is 0 Å². The molecule has 2 aromatic carbocycles. The maximum atomic E-state index is 13.9. The van der Waals surface area contributed by atoms with E-state index in [4.69, 9.17) is 4.74 Å². The maximum Gasteiger partial charge on any atom is 0.224 e. The van der Waals surface area contributed by atoms with Crippen LogP contribution in [-0.2, 0) is 22.7 Å². The Morgan fingerprint density at radius 1 is 1.17 bits per heavy atom. The van der Waals surface area contributed by atoms with Crippen LogP contribution in [0.15, 0.2) is 48.5 Å². The molecular formula is C23H27FN2O3. The predicted molar refractivity (Wildman–Crippen MR) is 109 cm³/mol. The first-order valence-corrected chi connectivity index (χ1v) is 10.2. The molecule has 29 heavy (non-hydrogen) atoms. The Hall–Kier alpha value is -2.44. The van der Waals surface area contributed by atoms with Crippen molar-refractivity contribution in [1.29, 1.82) is 0 Å². The average Bonchev–Trinajstić information content (AvgIpc) is 3.54. The number of carbonyl (C=O) groups excluding carboxylic acids is 1. The van der Waals surface area contributed by atoms with Gasteiger partial charge in [0, 0.05) is 37.8 Å². The summed E-state index contributed by atoms with van der Waals surface area (Å²) in [7, 11) is 0. The van der Waals surface area contributed by atoms with E-state index < -0.39 is 6.10 Å². The normalized spacial score (nSPS) is 18.2. The lowest BCUT2D eigenvalue weighted by atomic mass is 10.1. The van der Waals surface area contributed by atoms with Crippen LogP contribution in [-0.4, -0.2) is 47.8 Å². The van der Waals surface area contributed by atoms with Crippen LogP contribution >= 0.6 is 0 Å². The molecule has 1 heterocycles. The molecule has 1 atom stereocenters. The maximum absolute atomic E-state index is 13.9. The highest BCUT2D eigenvalue weighted by molar-refractivity contribution is 5.78. The van der Waals surface area contributed by atoms with Crippen LogP contribution in [0, 0.1) is 5.82 Å². The second kappa shape index (κ2) is 8.93. The van der Waals surface area contributed by atoms with E-state index in [9.17, 15) is 14.3 Å². The first-order chi connectivity index (χ1) is 14.1. The smallest absolute Gasteiger partial charge is 0.224 e. The number of amides is 1. The van der Waals surface area contributed by atoms with Crippen LogP contribution in [0.1, 0.15) is 30.4 Å². The van der Waals surface area contributed by atoms with Gasteiger partial charge in [-0.2, -0.15) is 0 Å². The number of hydrogen-bond donors (Lipinski definition) is 1. The molecule has 0 saturated heterocycles. The number of hydrogen-bond acceptors (Lipinski definition) is 4. The largest absolute Gasteiger partial charge is 0.389 e. The number of aliphatic hydroxyl groups is 1. The third kappa shape index (κ3) is 5.14. The Morgan fingerprint density at radius 2 is 1.97 bits per heavy atom. The molecule has 1 aliphatic carbocycles. The van der Waals surface area contributed by atoms with Crippen molar-refractivity contribution in [3.63, 3.8) is 0 Å². The number of anilines is 1. The highest BCUT2D eigenvalue weighted by Crippen LogP contribution is 2.33. The molecular weight excluding hydrogens is 371 g/mol. The fourth-order valence-corrected chi connectivity index (χ4v) is 3.86. The molecule has 154 valence electrons. The number of rotatable bonds is 7. The van der Waals surface area contributed by atoms with Gasteiger partial charge in [-0.15, -0.1) is 0 Å². The van der Waals surface area contributed by atoms with Crippen molar-refractivity contribution in [2.24, 2.45) is 0 Å². The van der Waals surface area contributed by atoms with E-state index in [1.54, 1.807) is 6.07 Å². The molecule has 4 rings (SSSR count). The van der Waals surface area contributed by atoms with Crippen LogP contribution in [0.4, 0.5) is 10.1 Å². The van der Waals surface area contributed by atoms with Gasteiger partial charge < -0.3 is 19.6 Å². The van der Waals surface area contributed by atoms with Gasteiger partial charge in [0.1, 0.15) is 5.82 Å². The Morgan fingerprint density at radius 3 is 2.72 bits per heavy atom. The standard InChI is InChI=1S/C23H27FN2O3/c24-19-6-9-22-18(12-19)13-26(20-7-8-20)23(28)10-11-25(22)14-21(27)16-29-15-17-4-2-1-3-5-17/h1-6,9,12,20-21,27H,7-8,10-11,13-16H2/t21-/m0/s1. The highest BCUT2D eigenvalue weighted by atomic mass is 19.1. The lowest BCUT2D eigenvalue weighted by Gasteiger charge is -2.34. The van der Waals surface area contributed by atoms with Crippen molar-refractivity contribution < 1.29 is 19.0 Å². The number of β-amino-alcohol motifs (C(OH)–C–C–N with tert-alkyl or cyclic N) is 1. The summed E-state index contributed by atoms with van der Waals surface area (Å²) >= 11 is 0. The van der Waals surface area contributed by atoms with E-state index in [-0.39, 0.29) is 18.3 Å². The third-order valence-corrected chi connectivity index (χ3v) is 5.48. The summed E-state index contributed by atoms with van der Waals surface area (Å²) < 4.78 is 19.5. The zero-order chi connectivity index (χ0) is 20.2. The summed E-state index contributed by atoms with van der Waals surface area (Å²) in [4.78, 5) is 16.5. The van der Waals surface area contributed by atoms with E-state index in [0.29, 0.717) is 38.7 Å². The second-order valence-electron chi connectivity index (χ2n) is 7.88. The van der Waals surface area contributed by atoms with Gasteiger partial charge >= 0.3 is 0 Å². The van der Waals surface area contributed by atoms with Crippen molar-refractivity contribution in [2.45, 2.75) is 44.6 Å². The molecule has 1 saturated carbocycles. The molecule has 1 fully saturated rings. The van der Waals surface area contributed by atoms with Gasteiger partial charge in [-0.3, -0.25) is 4.79 Å². The van der Waals surface area contributed by atoms with Crippen LogP contribution in [0.2, 0.25) is 0 Å². The highest BCUT2D eigenvalue weighted by Gasteiger charge is 2.34. The van der Waals surface area contributed by atoms with Crippen LogP contribution < -0.4 is 4.90 Å². The molecule has 1 aliphatic heterocycles. The molecule has 6 heteroatoms. The molecule has 1 amide bonds. The number of carbonyl (C=O) groups is 1. The van der Waals surface area contributed by atoms with E-state index in [1.165, 1.54) is 12.1 Å². The summed E-state index contributed by atoms with van der Waals surface area (Å²) in [6, 6.07) is 14.8. The number of ether oxygens (including phenoxy) is 1. The van der Waals surface area contributed by atoms with Gasteiger partial charge in [-0.1, -0.05) is 30.3 Å². The number of aliphatic hydroxyl groups excluding tert-OH is 1. The number of benzene rings is 2. The molecule has 1 N–H and O–H groups in total. The molecule has 2 aliphatic rings. The van der Waals surface area contributed by atoms with Gasteiger partial charge in [-0.25, -0.2) is 4.39 Å². The molecule has 0 bridgehead atoms. The molecule has 5 nitrogen and oxygen atoms in total. The SMILES string of the molecule is O=C1CCN(C[C@H](O)COCc2ccccc2)c2ccc(F)cc2CN1C1CC1. The van der Waals surface area contributed by atoms with Gasteiger partial charge in [0.05, 0.1) is 19.3 Å². The minimum absolute atomic E-state index is 0.0993. The van der Waals surface area contributed by atoms with E-state index in [0.717, 1.165) is 29.7 Å².